The highest BCUT2D eigenvalue weighted by Gasteiger charge is 2.15. The van der Waals surface area contributed by atoms with Crippen LogP contribution in [0.3, 0.4) is 0 Å². The van der Waals surface area contributed by atoms with Gasteiger partial charge >= 0.3 is 0 Å². The maximum absolute atomic E-state index is 5.86. The van der Waals surface area contributed by atoms with Crippen LogP contribution < -0.4 is 0 Å². The molecule has 0 N–H and O–H groups in total. The Hall–Kier alpha value is 0.00987. The molecule has 3 nitrogen and oxygen atoms in total. The minimum Gasteiger partial charge on any atom is -0.376 e. The Morgan fingerprint density at radius 1 is 0.833 bits per heavy atom. The summed E-state index contributed by atoms with van der Waals surface area (Å²) in [6, 6.07) is 0. The number of hydrogen-bond donors (Lipinski definition) is 0. The molecule has 0 saturated carbocycles. The van der Waals surface area contributed by atoms with Gasteiger partial charge in [-0.05, 0) is 27.2 Å². The molecule has 3 atom stereocenters. The standard InChI is InChI=1S/C13H26B2O3/c1-5-10(2)18-13(8-16-11(3)6-14)9-17-12(4)7-15/h10-13H,5-9H2,1-4H3. The fraction of sp³-hybridized carbons (Fsp3) is 1.00. The molecule has 0 heterocycles. The van der Waals surface area contributed by atoms with Crippen LogP contribution >= 0.6 is 0 Å². The van der Waals surface area contributed by atoms with E-state index in [2.05, 4.69) is 6.92 Å². The molecule has 4 radical (unpaired) electrons. The van der Waals surface area contributed by atoms with E-state index in [0.29, 0.717) is 25.9 Å². The van der Waals surface area contributed by atoms with E-state index in [4.69, 9.17) is 29.9 Å². The lowest BCUT2D eigenvalue weighted by atomic mass is 10.0. The number of ether oxygens (including phenoxy) is 3. The molecule has 0 aliphatic heterocycles. The second-order valence-electron chi connectivity index (χ2n) is 4.74. The van der Waals surface area contributed by atoms with E-state index in [-0.39, 0.29) is 24.4 Å². The van der Waals surface area contributed by atoms with Crippen molar-refractivity contribution >= 4 is 15.7 Å². The first-order valence-corrected chi connectivity index (χ1v) is 6.82. The third-order valence-corrected chi connectivity index (χ3v) is 2.80. The fourth-order valence-electron chi connectivity index (χ4n) is 1.23. The normalized spacial score (nSPS) is 18.2. The molecule has 0 aliphatic carbocycles. The molecule has 18 heavy (non-hydrogen) atoms. The van der Waals surface area contributed by atoms with E-state index in [9.17, 15) is 0 Å². The average Bonchev–Trinajstić information content (AvgIpc) is 2.40. The zero-order valence-electron chi connectivity index (χ0n) is 12.2. The Balaban J connectivity index is 4.07. The van der Waals surface area contributed by atoms with Crippen molar-refractivity contribution in [2.45, 2.75) is 71.2 Å². The van der Waals surface area contributed by atoms with Crippen molar-refractivity contribution in [2.75, 3.05) is 13.2 Å². The van der Waals surface area contributed by atoms with Crippen LogP contribution in [0.5, 0.6) is 0 Å². The van der Waals surface area contributed by atoms with Gasteiger partial charge in [0.05, 0.1) is 35.0 Å². The summed E-state index contributed by atoms with van der Waals surface area (Å²) in [6.07, 6.45) is 2.20. The van der Waals surface area contributed by atoms with Gasteiger partial charge in [0, 0.05) is 12.2 Å². The summed E-state index contributed by atoms with van der Waals surface area (Å²) in [5.74, 6) is 0. The van der Waals surface area contributed by atoms with Gasteiger partial charge in [-0.2, -0.15) is 0 Å². The van der Waals surface area contributed by atoms with E-state index in [1.807, 2.05) is 20.8 Å². The van der Waals surface area contributed by atoms with Crippen LogP contribution in [0.4, 0.5) is 0 Å². The van der Waals surface area contributed by atoms with Crippen molar-refractivity contribution in [2.24, 2.45) is 0 Å². The van der Waals surface area contributed by atoms with Crippen LogP contribution in [0.25, 0.3) is 0 Å². The topological polar surface area (TPSA) is 27.7 Å². The quantitative estimate of drug-likeness (QED) is 0.527. The Morgan fingerprint density at radius 3 is 1.61 bits per heavy atom. The summed E-state index contributed by atoms with van der Waals surface area (Å²) < 4.78 is 17.1. The minimum atomic E-state index is -0.0667. The summed E-state index contributed by atoms with van der Waals surface area (Å²) in [7, 11) is 11.0. The van der Waals surface area contributed by atoms with E-state index in [0.717, 1.165) is 6.42 Å². The van der Waals surface area contributed by atoms with E-state index < -0.39 is 0 Å². The van der Waals surface area contributed by atoms with Crippen LogP contribution in [-0.2, 0) is 14.2 Å². The van der Waals surface area contributed by atoms with Gasteiger partial charge in [-0.3, -0.25) is 0 Å². The third-order valence-electron chi connectivity index (χ3n) is 2.80. The molecule has 0 aromatic rings. The largest absolute Gasteiger partial charge is 0.376 e. The number of rotatable bonds is 11. The smallest absolute Gasteiger partial charge is 0.104 e. The van der Waals surface area contributed by atoms with Gasteiger partial charge in [0.15, 0.2) is 0 Å². The van der Waals surface area contributed by atoms with Gasteiger partial charge in [-0.25, -0.2) is 0 Å². The van der Waals surface area contributed by atoms with Crippen LogP contribution in [0.15, 0.2) is 0 Å². The average molecular weight is 252 g/mol. The zero-order chi connectivity index (χ0) is 14.0. The van der Waals surface area contributed by atoms with Crippen LogP contribution in [0.2, 0.25) is 12.6 Å². The lowest BCUT2D eigenvalue weighted by Gasteiger charge is -2.24. The Morgan fingerprint density at radius 2 is 1.28 bits per heavy atom. The second-order valence-corrected chi connectivity index (χ2v) is 4.74. The number of hydrogen-bond acceptors (Lipinski definition) is 3. The van der Waals surface area contributed by atoms with Crippen LogP contribution in [0, 0.1) is 0 Å². The lowest BCUT2D eigenvalue weighted by molar-refractivity contribution is -0.104. The molecule has 0 fully saturated rings. The molecule has 0 rings (SSSR count). The van der Waals surface area contributed by atoms with Crippen molar-refractivity contribution in [1.29, 1.82) is 0 Å². The van der Waals surface area contributed by atoms with Crippen molar-refractivity contribution in [3.05, 3.63) is 0 Å². The molecule has 0 aromatic heterocycles. The van der Waals surface area contributed by atoms with Gasteiger partial charge in [0.1, 0.15) is 6.10 Å². The lowest BCUT2D eigenvalue weighted by Crippen LogP contribution is -2.32. The van der Waals surface area contributed by atoms with Crippen LogP contribution in [0.1, 0.15) is 34.1 Å². The maximum Gasteiger partial charge on any atom is 0.104 e. The summed E-state index contributed by atoms with van der Waals surface area (Å²) in [5.41, 5.74) is 0. The van der Waals surface area contributed by atoms with Crippen molar-refractivity contribution < 1.29 is 14.2 Å². The molecule has 0 amide bonds. The predicted molar refractivity (Wildman–Crippen MR) is 76.6 cm³/mol. The van der Waals surface area contributed by atoms with E-state index >= 15 is 0 Å². The van der Waals surface area contributed by atoms with Gasteiger partial charge in [0.25, 0.3) is 0 Å². The third kappa shape index (κ3) is 9.01. The minimum absolute atomic E-state index is 0.0416. The highest BCUT2D eigenvalue weighted by atomic mass is 16.6. The molecule has 0 bridgehead atoms. The van der Waals surface area contributed by atoms with Gasteiger partial charge in [-0.15, -0.1) is 0 Å². The Labute approximate surface area is 115 Å². The summed E-state index contributed by atoms with van der Waals surface area (Å²) >= 11 is 0. The molecule has 0 saturated heterocycles. The van der Waals surface area contributed by atoms with Crippen molar-refractivity contribution in [3.63, 3.8) is 0 Å². The molecular weight excluding hydrogens is 226 g/mol. The molecule has 0 aliphatic rings. The zero-order valence-corrected chi connectivity index (χ0v) is 12.2. The predicted octanol–water partition coefficient (Wildman–Crippen LogP) is 2.15. The van der Waals surface area contributed by atoms with E-state index in [1.165, 1.54) is 0 Å². The molecule has 0 spiro atoms. The Kier molecular flexibility index (Phi) is 10.9. The fourth-order valence-corrected chi connectivity index (χ4v) is 1.23. The molecule has 102 valence electrons. The van der Waals surface area contributed by atoms with Gasteiger partial charge in [-0.1, -0.05) is 19.6 Å². The molecule has 5 heteroatoms. The molecule has 0 aromatic carbocycles. The second kappa shape index (κ2) is 10.9. The highest BCUT2D eigenvalue weighted by Crippen LogP contribution is 2.08. The first kappa shape index (κ1) is 18.0. The first-order valence-electron chi connectivity index (χ1n) is 6.82. The maximum atomic E-state index is 5.86. The van der Waals surface area contributed by atoms with Crippen molar-refractivity contribution in [1.82, 2.24) is 0 Å². The highest BCUT2D eigenvalue weighted by molar-refractivity contribution is 6.09. The summed E-state index contributed by atoms with van der Waals surface area (Å²) in [4.78, 5) is 0. The monoisotopic (exact) mass is 252 g/mol. The summed E-state index contributed by atoms with van der Waals surface area (Å²) in [5, 5.41) is 0. The summed E-state index contributed by atoms with van der Waals surface area (Å²) in [6.45, 7) is 9.04. The SMILES string of the molecule is [B]CC(C)OCC(COC(C)C[B])OC(C)CC. The van der Waals surface area contributed by atoms with Crippen molar-refractivity contribution in [3.8, 4) is 0 Å². The molecular formula is C13H26B2O3. The van der Waals surface area contributed by atoms with Crippen LogP contribution in [-0.4, -0.2) is 53.3 Å². The molecule has 3 unspecified atom stereocenters. The Bertz CT molecular complexity index is 179. The van der Waals surface area contributed by atoms with Gasteiger partial charge < -0.3 is 14.2 Å². The van der Waals surface area contributed by atoms with Gasteiger partial charge in [0.2, 0.25) is 0 Å². The van der Waals surface area contributed by atoms with E-state index in [1.54, 1.807) is 0 Å². The first-order chi connectivity index (χ1) is 8.53.